The van der Waals surface area contributed by atoms with E-state index in [1.807, 2.05) is 52.0 Å². The van der Waals surface area contributed by atoms with Crippen LogP contribution < -0.4 is 11.1 Å². The molecule has 1 amide bonds. The quantitative estimate of drug-likeness (QED) is 0.840. The summed E-state index contributed by atoms with van der Waals surface area (Å²) in [7, 11) is 0. The van der Waals surface area contributed by atoms with E-state index in [1.165, 1.54) is 5.56 Å². The number of carbonyl (C=O) groups is 1. The maximum Gasteiger partial charge on any atom is 0.222 e. The first-order chi connectivity index (χ1) is 7.78. The molecule has 3 N–H and O–H groups in total. The highest BCUT2D eigenvalue weighted by atomic mass is 16.1. The number of hydrogen-bond donors (Lipinski definition) is 2. The third-order valence-corrected chi connectivity index (χ3v) is 2.57. The van der Waals surface area contributed by atoms with Crippen molar-refractivity contribution < 1.29 is 4.79 Å². The Hall–Kier alpha value is -1.35. The molecule has 1 atom stereocenters. The third-order valence-electron chi connectivity index (χ3n) is 2.57. The minimum absolute atomic E-state index is 0.00873. The van der Waals surface area contributed by atoms with E-state index in [4.69, 9.17) is 5.73 Å². The van der Waals surface area contributed by atoms with Gasteiger partial charge in [-0.05, 0) is 33.3 Å². The monoisotopic (exact) mass is 234 g/mol. The number of rotatable bonds is 4. The standard InChI is InChI=1S/C14H22N2O/c1-10-5-7-12(8-6-10)11(2)16-13(17)9-14(3,4)15/h5-8,11H,9,15H2,1-4H3,(H,16,17). The van der Waals surface area contributed by atoms with Gasteiger partial charge in [0.15, 0.2) is 0 Å². The summed E-state index contributed by atoms with van der Waals surface area (Å²) < 4.78 is 0. The summed E-state index contributed by atoms with van der Waals surface area (Å²) in [6, 6.07) is 8.18. The van der Waals surface area contributed by atoms with Crippen LogP contribution in [0.15, 0.2) is 24.3 Å². The maximum absolute atomic E-state index is 11.7. The van der Waals surface area contributed by atoms with Crippen molar-refractivity contribution in [2.45, 2.75) is 45.7 Å². The Bertz CT molecular complexity index is 376. The van der Waals surface area contributed by atoms with E-state index in [2.05, 4.69) is 5.32 Å². The van der Waals surface area contributed by atoms with Crippen LogP contribution in [0.5, 0.6) is 0 Å². The zero-order valence-corrected chi connectivity index (χ0v) is 11.1. The van der Waals surface area contributed by atoms with Gasteiger partial charge >= 0.3 is 0 Å². The molecule has 0 heterocycles. The minimum Gasteiger partial charge on any atom is -0.350 e. The number of aryl methyl sites for hydroxylation is 1. The Morgan fingerprint density at radius 3 is 2.35 bits per heavy atom. The van der Waals surface area contributed by atoms with Gasteiger partial charge < -0.3 is 11.1 Å². The molecule has 0 saturated heterocycles. The van der Waals surface area contributed by atoms with Gasteiger partial charge in [-0.25, -0.2) is 0 Å². The lowest BCUT2D eigenvalue weighted by atomic mass is 10.0. The zero-order valence-electron chi connectivity index (χ0n) is 11.1. The molecule has 1 rings (SSSR count). The van der Waals surface area contributed by atoms with E-state index in [9.17, 15) is 4.79 Å². The second-order valence-electron chi connectivity index (χ2n) is 5.37. The molecule has 3 nitrogen and oxygen atoms in total. The fraction of sp³-hybridized carbons (Fsp3) is 0.500. The molecule has 0 fully saturated rings. The summed E-state index contributed by atoms with van der Waals surface area (Å²) in [6.45, 7) is 7.72. The number of carbonyl (C=O) groups excluding carboxylic acids is 1. The van der Waals surface area contributed by atoms with Crippen LogP contribution >= 0.6 is 0 Å². The summed E-state index contributed by atoms with van der Waals surface area (Å²) in [5.74, 6) is -0.00873. The third kappa shape index (κ3) is 5.00. The van der Waals surface area contributed by atoms with Gasteiger partial charge in [0.2, 0.25) is 5.91 Å². The maximum atomic E-state index is 11.7. The normalized spacial score (nSPS) is 13.2. The fourth-order valence-electron chi connectivity index (χ4n) is 1.64. The van der Waals surface area contributed by atoms with Crippen LogP contribution in [0.4, 0.5) is 0 Å². The molecule has 1 unspecified atom stereocenters. The molecule has 0 saturated carbocycles. The van der Waals surface area contributed by atoms with Crippen LogP contribution in [0.1, 0.15) is 44.4 Å². The lowest BCUT2D eigenvalue weighted by molar-refractivity contribution is -0.122. The van der Waals surface area contributed by atoms with Crippen LogP contribution in [0.3, 0.4) is 0 Å². The lowest BCUT2D eigenvalue weighted by Gasteiger charge is -2.20. The van der Waals surface area contributed by atoms with Crippen LogP contribution in [0, 0.1) is 6.92 Å². The molecule has 17 heavy (non-hydrogen) atoms. The van der Waals surface area contributed by atoms with Crippen LogP contribution in [-0.4, -0.2) is 11.4 Å². The van der Waals surface area contributed by atoms with E-state index < -0.39 is 5.54 Å². The zero-order chi connectivity index (χ0) is 13.1. The van der Waals surface area contributed by atoms with Crippen molar-refractivity contribution in [3.8, 4) is 0 Å². The van der Waals surface area contributed by atoms with E-state index in [0.717, 1.165) is 5.56 Å². The highest BCUT2D eigenvalue weighted by Gasteiger charge is 2.18. The van der Waals surface area contributed by atoms with Crippen molar-refractivity contribution in [2.75, 3.05) is 0 Å². The molecule has 1 aromatic carbocycles. The van der Waals surface area contributed by atoms with Crippen molar-refractivity contribution in [3.05, 3.63) is 35.4 Å². The van der Waals surface area contributed by atoms with Crippen LogP contribution in [-0.2, 0) is 4.79 Å². The van der Waals surface area contributed by atoms with E-state index >= 15 is 0 Å². The van der Waals surface area contributed by atoms with Gasteiger partial charge in [0.05, 0.1) is 6.04 Å². The molecule has 0 bridgehead atoms. The van der Waals surface area contributed by atoms with Gasteiger partial charge in [-0.2, -0.15) is 0 Å². The van der Waals surface area contributed by atoms with Crippen LogP contribution in [0.25, 0.3) is 0 Å². The highest BCUT2D eigenvalue weighted by molar-refractivity contribution is 5.77. The smallest absolute Gasteiger partial charge is 0.222 e. The SMILES string of the molecule is Cc1ccc(C(C)NC(=O)CC(C)(C)N)cc1. The summed E-state index contributed by atoms with van der Waals surface area (Å²) >= 11 is 0. The average Bonchev–Trinajstić information content (AvgIpc) is 2.15. The van der Waals surface area contributed by atoms with Gasteiger partial charge in [-0.1, -0.05) is 29.8 Å². The second kappa shape index (κ2) is 5.32. The Morgan fingerprint density at radius 2 is 1.88 bits per heavy atom. The molecular formula is C14H22N2O. The fourth-order valence-corrected chi connectivity index (χ4v) is 1.64. The van der Waals surface area contributed by atoms with Crippen molar-refractivity contribution in [1.29, 1.82) is 0 Å². The number of nitrogens with one attached hydrogen (secondary N) is 1. The number of benzene rings is 1. The molecule has 0 aromatic heterocycles. The topological polar surface area (TPSA) is 55.1 Å². The molecule has 0 radical (unpaired) electrons. The summed E-state index contributed by atoms with van der Waals surface area (Å²) in [6.07, 6.45) is 0.337. The van der Waals surface area contributed by atoms with E-state index in [-0.39, 0.29) is 11.9 Å². The largest absolute Gasteiger partial charge is 0.350 e. The van der Waals surface area contributed by atoms with Crippen molar-refractivity contribution >= 4 is 5.91 Å². The Labute approximate surface area is 103 Å². The van der Waals surface area contributed by atoms with Crippen LogP contribution in [0.2, 0.25) is 0 Å². The second-order valence-corrected chi connectivity index (χ2v) is 5.37. The van der Waals surface area contributed by atoms with Gasteiger partial charge in [-0.3, -0.25) is 4.79 Å². The number of hydrogen-bond acceptors (Lipinski definition) is 2. The van der Waals surface area contributed by atoms with E-state index in [1.54, 1.807) is 0 Å². The Morgan fingerprint density at radius 1 is 1.35 bits per heavy atom. The Balaban J connectivity index is 2.57. The first-order valence-electron chi connectivity index (χ1n) is 5.93. The average molecular weight is 234 g/mol. The highest BCUT2D eigenvalue weighted by Crippen LogP contribution is 2.14. The molecule has 0 aliphatic rings. The predicted molar refractivity (Wildman–Crippen MR) is 70.6 cm³/mol. The van der Waals surface area contributed by atoms with Gasteiger partial charge in [0.1, 0.15) is 0 Å². The lowest BCUT2D eigenvalue weighted by Crippen LogP contribution is -2.39. The minimum atomic E-state index is -0.461. The predicted octanol–water partition coefficient (Wildman–Crippen LogP) is 2.30. The van der Waals surface area contributed by atoms with E-state index in [0.29, 0.717) is 6.42 Å². The molecule has 0 aliphatic heterocycles. The van der Waals surface area contributed by atoms with Gasteiger partial charge in [0, 0.05) is 12.0 Å². The van der Waals surface area contributed by atoms with Crippen molar-refractivity contribution in [2.24, 2.45) is 5.73 Å². The van der Waals surface area contributed by atoms with Crippen molar-refractivity contribution in [1.82, 2.24) is 5.32 Å². The van der Waals surface area contributed by atoms with Crippen molar-refractivity contribution in [3.63, 3.8) is 0 Å². The van der Waals surface area contributed by atoms with Gasteiger partial charge in [-0.15, -0.1) is 0 Å². The van der Waals surface area contributed by atoms with Gasteiger partial charge in [0.25, 0.3) is 0 Å². The molecule has 0 spiro atoms. The number of nitrogens with two attached hydrogens (primary N) is 1. The Kier molecular flexibility index (Phi) is 4.29. The molecule has 3 heteroatoms. The molecule has 94 valence electrons. The molecule has 1 aromatic rings. The summed E-state index contributed by atoms with van der Waals surface area (Å²) in [5.41, 5.74) is 7.68. The first kappa shape index (κ1) is 13.7. The first-order valence-corrected chi connectivity index (χ1v) is 5.93. The summed E-state index contributed by atoms with van der Waals surface area (Å²) in [5, 5.41) is 2.95. The molecular weight excluding hydrogens is 212 g/mol. The number of amides is 1. The molecule has 0 aliphatic carbocycles. The summed E-state index contributed by atoms with van der Waals surface area (Å²) in [4.78, 5) is 11.7.